The number of benzene rings is 2. The van der Waals surface area contributed by atoms with Gasteiger partial charge in [-0.05, 0) is 29.8 Å². The Labute approximate surface area is 125 Å². The molecule has 0 aromatic heterocycles. The molecule has 0 aliphatic carbocycles. The van der Waals surface area contributed by atoms with E-state index in [1.165, 1.54) is 12.1 Å². The molecule has 0 saturated heterocycles. The predicted octanol–water partition coefficient (Wildman–Crippen LogP) is 3.56. The number of hydrogen-bond donors (Lipinski definition) is 2. The summed E-state index contributed by atoms with van der Waals surface area (Å²) in [5.74, 6) is -0.753. The average Bonchev–Trinajstić information content (AvgIpc) is 2.44. The summed E-state index contributed by atoms with van der Waals surface area (Å²) >= 11 is 3.37. The first-order chi connectivity index (χ1) is 9.61. The van der Waals surface area contributed by atoms with Crippen LogP contribution in [-0.2, 0) is 6.54 Å². The van der Waals surface area contributed by atoms with E-state index in [1.807, 2.05) is 24.3 Å². The largest absolute Gasteiger partial charge is 0.385 e. The van der Waals surface area contributed by atoms with Crippen molar-refractivity contribution in [3.63, 3.8) is 0 Å². The number of amides is 1. The van der Waals surface area contributed by atoms with Gasteiger partial charge in [0.1, 0.15) is 5.82 Å². The number of nitrogens with one attached hydrogen (secondary N) is 2. The molecule has 3 nitrogen and oxygen atoms in total. The van der Waals surface area contributed by atoms with Gasteiger partial charge in [-0.1, -0.05) is 34.1 Å². The van der Waals surface area contributed by atoms with Crippen molar-refractivity contribution in [2.45, 2.75) is 6.54 Å². The van der Waals surface area contributed by atoms with E-state index < -0.39 is 5.82 Å². The zero-order valence-electron chi connectivity index (χ0n) is 10.9. The molecule has 0 aliphatic heterocycles. The quantitative estimate of drug-likeness (QED) is 0.896. The fraction of sp³-hybridized carbons (Fsp3) is 0.133. The third kappa shape index (κ3) is 3.36. The first kappa shape index (κ1) is 14.5. The van der Waals surface area contributed by atoms with Crippen LogP contribution < -0.4 is 10.6 Å². The van der Waals surface area contributed by atoms with E-state index in [2.05, 4.69) is 26.6 Å². The second-order valence-electron chi connectivity index (χ2n) is 4.22. The second kappa shape index (κ2) is 6.52. The van der Waals surface area contributed by atoms with E-state index in [0.29, 0.717) is 12.1 Å². The number of carbonyl (C=O) groups is 1. The van der Waals surface area contributed by atoms with Crippen LogP contribution in [0.3, 0.4) is 0 Å². The van der Waals surface area contributed by atoms with Gasteiger partial charge >= 0.3 is 0 Å². The maximum atomic E-state index is 13.6. The third-order valence-electron chi connectivity index (χ3n) is 2.85. The first-order valence-corrected chi connectivity index (χ1v) is 6.90. The van der Waals surface area contributed by atoms with Crippen molar-refractivity contribution >= 4 is 27.5 Å². The summed E-state index contributed by atoms with van der Waals surface area (Å²) in [5.41, 5.74) is 1.47. The van der Waals surface area contributed by atoms with Crippen molar-refractivity contribution in [2.24, 2.45) is 0 Å². The van der Waals surface area contributed by atoms with Crippen molar-refractivity contribution in [2.75, 3.05) is 12.4 Å². The Bertz CT molecular complexity index is 631. The Hall–Kier alpha value is -1.88. The molecule has 2 aromatic carbocycles. The predicted molar refractivity (Wildman–Crippen MR) is 81.3 cm³/mol. The Kier molecular flexibility index (Phi) is 4.74. The molecule has 1 amide bonds. The zero-order valence-corrected chi connectivity index (χ0v) is 12.5. The molecule has 0 aliphatic rings. The van der Waals surface area contributed by atoms with Crippen LogP contribution in [0.2, 0.25) is 0 Å². The topological polar surface area (TPSA) is 41.1 Å². The van der Waals surface area contributed by atoms with Crippen LogP contribution in [0.25, 0.3) is 0 Å². The third-order valence-corrected chi connectivity index (χ3v) is 3.34. The highest BCUT2D eigenvalue weighted by atomic mass is 79.9. The maximum absolute atomic E-state index is 13.6. The van der Waals surface area contributed by atoms with Gasteiger partial charge in [0.05, 0.1) is 11.3 Å². The zero-order chi connectivity index (χ0) is 14.5. The van der Waals surface area contributed by atoms with Crippen molar-refractivity contribution in [3.8, 4) is 0 Å². The second-order valence-corrected chi connectivity index (χ2v) is 5.14. The van der Waals surface area contributed by atoms with Crippen LogP contribution in [0.15, 0.2) is 46.9 Å². The molecule has 104 valence electrons. The summed E-state index contributed by atoms with van der Waals surface area (Å²) in [4.78, 5) is 12.1. The number of rotatable bonds is 4. The van der Waals surface area contributed by atoms with E-state index in [1.54, 1.807) is 13.1 Å². The molecule has 0 atom stereocenters. The molecule has 0 bridgehead atoms. The van der Waals surface area contributed by atoms with Crippen molar-refractivity contribution in [1.82, 2.24) is 5.32 Å². The molecule has 2 N–H and O–H groups in total. The molecule has 0 saturated carbocycles. The Balaban J connectivity index is 2.11. The summed E-state index contributed by atoms with van der Waals surface area (Å²) in [6.45, 7) is 0.387. The molecule has 0 radical (unpaired) electrons. The van der Waals surface area contributed by atoms with E-state index in [4.69, 9.17) is 0 Å². The Morgan fingerprint density at radius 1 is 1.25 bits per heavy atom. The van der Waals surface area contributed by atoms with Gasteiger partial charge in [0.15, 0.2) is 0 Å². The van der Waals surface area contributed by atoms with Gasteiger partial charge < -0.3 is 10.6 Å². The molecular formula is C15H14BrFN2O. The standard InChI is InChI=1S/C15H14BrFN2O/c1-18-14-12(6-3-7-13(14)17)15(20)19-9-10-4-2-5-11(16)8-10/h2-8,18H,9H2,1H3,(H,19,20). The van der Waals surface area contributed by atoms with Gasteiger partial charge in [0, 0.05) is 18.1 Å². The molecule has 0 spiro atoms. The molecule has 0 fully saturated rings. The van der Waals surface area contributed by atoms with Crippen LogP contribution in [0, 0.1) is 5.82 Å². The summed E-state index contributed by atoms with van der Waals surface area (Å²) < 4.78 is 14.5. The highest BCUT2D eigenvalue weighted by molar-refractivity contribution is 9.10. The van der Waals surface area contributed by atoms with Gasteiger partial charge in [-0.3, -0.25) is 4.79 Å². The highest BCUT2D eigenvalue weighted by Crippen LogP contribution is 2.19. The normalized spacial score (nSPS) is 10.2. The van der Waals surface area contributed by atoms with E-state index in [0.717, 1.165) is 10.0 Å². The van der Waals surface area contributed by atoms with Gasteiger partial charge in [-0.2, -0.15) is 0 Å². The van der Waals surface area contributed by atoms with Crippen LogP contribution >= 0.6 is 15.9 Å². The van der Waals surface area contributed by atoms with Gasteiger partial charge in [0.2, 0.25) is 0 Å². The summed E-state index contributed by atoms with van der Waals surface area (Å²) in [5, 5.41) is 5.49. The summed E-state index contributed by atoms with van der Waals surface area (Å²) in [6.07, 6.45) is 0. The lowest BCUT2D eigenvalue weighted by Gasteiger charge is -2.10. The van der Waals surface area contributed by atoms with Gasteiger partial charge in [0.25, 0.3) is 5.91 Å². The SMILES string of the molecule is CNc1c(F)cccc1C(=O)NCc1cccc(Br)c1. The lowest BCUT2D eigenvalue weighted by Crippen LogP contribution is -2.24. The Morgan fingerprint density at radius 2 is 2.00 bits per heavy atom. The van der Waals surface area contributed by atoms with Gasteiger partial charge in [-0.15, -0.1) is 0 Å². The van der Waals surface area contributed by atoms with Crippen LogP contribution in [-0.4, -0.2) is 13.0 Å². The molecule has 0 unspecified atom stereocenters. The number of halogens is 2. The molecule has 20 heavy (non-hydrogen) atoms. The van der Waals surface area contributed by atoms with E-state index in [9.17, 15) is 9.18 Å². The van der Waals surface area contributed by atoms with Crippen molar-refractivity contribution in [3.05, 3.63) is 63.9 Å². The summed E-state index contributed by atoms with van der Waals surface area (Å²) in [7, 11) is 1.59. The molecule has 2 aromatic rings. The number of hydrogen-bond acceptors (Lipinski definition) is 2. The van der Waals surface area contributed by atoms with E-state index in [-0.39, 0.29) is 11.6 Å². The highest BCUT2D eigenvalue weighted by Gasteiger charge is 2.13. The lowest BCUT2D eigenvalue weighted by atomic mass is 10.1. The summed E-state index contributed by atoms with van der Waals surface area (Å²) in [6, 6.07) is 12.1. The molecule has 5 heteroatoms. The maximum Gasteiger partial charge on any atom is 0.253 e. The van der Waals surface area contributed by atoms with Crippen LogP contribution in [0.1, 0.15) is 15.9 Å². The fourth-order valence-corrected chi connectivity index (χ4v) is 2.34. The monoisotopic (exact) mass is 336 g/mol. The molecular weight excluding hydrogens is 323 g/mol. The minimum atomic E-state index is -0.442. The molecule has 0 heterocycles. The van der Waals surface area contributed by atoms with Crippen molar-refractivity contribution < 1.29 is 9.18 Å². The number of carbonyl (C=O) groups excluding carboxylic acids is 1. The fourth-order valence-electron chi connectivity index (χ4n) is 1.89. The van der Waals surface area contributed by atoms with Crippen LogP contribution in [0.5, 0.6) is 0 Å². The lowest BCUT2D eigenvalue weighted by molar-refractivity contribution is 0.0951. The van der Waals surface area contributed by atoms with E-state index >= 15 is 0 Å². The molecule has 2 rings (SSSR count). The van der Waals surface area contributed by atoms with Crippen molar-refractivity contribution in [1.29, 1.82) is 0 Å². The number of para-hydroxylation sites is 1. The average molecular weight is 337 g/mol. The minimum absolute atomic E-state index is 0.208. The van der Waals surface area contributed by atoms with Gasteiger partial charge in [-0.25, -0.2) is 4.39 Å². The smallest absolute Gasteiger partial charge is 0.253 e. The number of anilines is 1. The van der Waals surface area contributed by atoms with Crippen LogP contribution in [0.4, 0.5) is 10.1 Å². The minimum Gasteiger partial charge on any atom is -0.385 e. The first-order valence-electron chi connectivity index (χ1n) is 6.10. The Morgan fingerprint density at radius 3 is 2.70 bits per heavy atom.